The molecule has 10 fully saturated rings. The van der Waals surface area contributed by atoms with Gasteiger partial charge in [0.1, 0.15) is 0 Å². The molecule has 0 bridgehead atoms. The van der Waals surface area contributed by atoms with E-state index in [2.05, 4.69) is 6.92 Å². The van der Waals surface area contributed by atoms with Crippen molar-refractivity contribution in [1.82, 2.24) is 0 Å². The summed E-state index contributed by atoms with van der Waals surface area (Å²) in [7, 11) is 0. The number of ether oxygens (including phenoxy) is 1. The molecule has 92 valence electrons. The molecule has 0 aliphatic carbocycles. The van der Waals surface area contributed by atoms with E-state index in [1.165, 1.54) is 33.7 Å². The molecule has 4 unspecified atom stereocenters. The zero-order valence-corrected chi connectivity index (χ0v) is 10.9. The van der Waals surface area contributed by atoms with Gasteiger partial charge in [-0.15, -0.1) is 0 Å². The minimum absolute atomic E-state index is 0.342. The molecule has 4 atom stereocenters. The van der Waals surface area contributed by atoms with Gasteiger partial charge in [0.15, 0.2) is 0 Å². The molecule has 0 N–H and O–H groups in total. The van der Waals surface area contributed by atoms with Crippen LogP contribution in [-0.4, -0.2) is 12.6 Å². The monoisotopic (exact) mass is 272 g/mol. The average Bonchev–Trinajstić information content (AvgIpc) is 3.28. The Morgan fingerprint density at radius 1 is 1.06 bits per heavy atom. The fraction of sp³-hybridized carbons (Fsp3) is 0.929. The second-order valence-electron chi connectivity index (χ2n) is 10.8. The van der Waals surface area contributed by atoms with E-state index in [0.29, 0.717) is 16.9 Å². The molecule has 0 amide bonds. The van der Waals surface area contributed by atoms with Gasteiger partial charge in [-0.3, -0.25) is 0 Å². The van der Waals surface area contributed by atoms with Gasteiger partial charge < -0.3 is 0 Å². The van der Waals surface area contributed by atoms with Crippen LogP contribution in [0.2, 0.25) is 47.7 Å². The van der Waals surface area contributed by atoms with E-state index in [-0.39, 0.29) is 0 Å². The molecule has 17 heavy (non-hydrogen) atoms. The average molecular weight is 272 g/mol. The third-order valence-corrected chi connectivity index (χ3v) is 57.7. The summed E-state index contributed by atoms with van der Waals surface area (Å²) in [6.45, 7) is -0.341. The van der Waals surface area contributed by atoms with Crippen LogP contribution in [0.15, 0.2) is 0 Å². The molecule has 1 spiro atoms. The van der Waals surface area contributed by atoms with Crippen molar-refractivity contribution in [2.24, 2.45) is 0 Å². The van der Waals surface area contributed by atoms with Crippen LogP contribution in [-0.2, 0) is 16.0 Å². The van der Waals surface area contributed by atoms with Gasteiger partial charge >= 0.3 is 89.6 Å². The Hall–Kier alpha value is -0.0105. The van der Waals surface area contributed by atoms with E-state index in [1.807, 2.05) is 0 Å². The normalized spacial score (nSPS) is 119. The topological polar surface area (TPSA) is 26.3 Å². The number of hydrogen-bond donors (Lipinski definition) is 0. The van der Waals surface area contributed by atoms with Crippen molar-refractivity contribution in [2.45, 2.75) is 61.0 Å². The van der Waals surface area contributed by atoms with E-state index in [4.69, 9.17) is 4.74 Å². The zero-order valence-electron chi connectivity index (χ0n) is 9.78. The van der Waals surface area contributed by atoms with Gasteiger partial charge in [0.05, 0.1) is 0 Å². The van der Waals surface area contributed by atoms with Crippen LogP contribution in [0.3, 0.4) is 0 Å². The first-order chi connectivity index (χ1) is 8.03. The summed E-state index contributed by atoms with van der Waals surface area (Å²) in [5.41, 5.74) is 0. The molecule has 10 aliphatic heterocycles. The summed E-state index contributed by atoms with van der Waals surface area (Å²) in [5.74, 6) is 0.367. The Balaban J connectivity index is 1.48. The van der Waals surface area contributed by atoms with Crippen LogP contribution in [0.4, 0.5) is 0 Å². The van der Waals surface area contributed by atoms with Crippen molar-refractivity contribution < 1.29 is 16.0 Å². The maximum atomic E-state index is 12.8. The predicted molar refractivity (Wildman–Crippen MR) is 57.7 cm³/mol. The van der Waals surface area contributed by atoms with Crippen LogP contribution >= 0.6 is 0 Å². The molecule has 2 nitrogen and oxygen atoms in total. The number of esters is 1. The van der Waals surface area contributed by atoms with Crippen molar-refractivity contribution in [2.75, 3.05) is 6.61 Å². The Morgan fingerprint density at radius 3 is 1.88 bits per heavy atom. The van der Waals surface area contributed by atoms with Crippen molar-refractivity contribution in [3.63, 3.8) is 0 Å². The second-order valence-corrected chi connectivity index (χ2v) is 34.4. The van der Waals surface area contributed by atoms with Gasteiger partial charge in [-0.25, -0.2) is 0 Å². The van der Waals surface area contributed by atoms with E-state index < -0.39 is 6.51 Å². The Kier molecular flexibility index (Phi) is 0.193. The van der Waals surface area contributed by atoms with Crippen LogP contribution in [0.25, 0.3) is 0 Å². The molecule has 0 aromatic rings. The van der Waals surface area contributed by atoms with Gasteiger partial charge in [-0.1, -0.05) is 0 Å². The third kappa shape index (κ3) is 0.0629. The number of carbonyl (C=O) groups is 1. The molecular formula is C14H16FeO2. The number of rotatable bonds is 3. The molecule has 0 aromatic carbocycles. The fourth-order valence-electron chi connectivity index (χ4n) is 17.0. The zero-order chi connectivity index (χ0) is 10.7. The molecule has 10 heterocycles. The van der Waals surface area contributed by atoms with Crippen molar-refractivity contribution in [3.05, 3.63) is 0 Å². The first-order valence-corrected chi connectivity index (χ1v) is 13.7. The van der Waals surface area contributed by atoms with Crippen molar-refractivity contribution in [3.8, 4) is 0 Å². The summed E-state index contributed by atoms with van der Waals surface area (Å²) in [6, 6.07) is 0. The number of hydrogen-bond acceptors (Lipinski definition) is 2. The number of carbonyl (C=O) groups excluding carboxylic acids is 1. The summed E-state index contributed by atoms with van der Waals surface area (Å²) >= 11 is 0. The van der Waals surface area contributed by atoms with Crippen molar-refractivity contribution >= 4 is 5.97 Å². The van der Waals surface area contributed by atoms with Crippen LogP contribution in [0.1, 0.15) is 13.3 Å². The standard InChI is InChI=1S/C9H11O2.C5H5.Fe/c1-2-7-11-9(10)8-5-3-4-6-8;1-2-4-5-3-1;/h3-6H,2,7H2,1H3;1-5H;. The summed E-state index contributed by atoms with van der Waals surface area (Å²) in [5, 5.41) is 0. The molecule has 10 saturated heterocycles. The molecule has 0 saturated carbocycles. The quantitative estimate of drug-likeness (QED) is 0.578. The van der Waals surface area contributed by atoms with Crippen LogP contribution in [0.5, 0.6) is 0 Å². The molecule has 10 rings (SSSR count). The van der Waals surface area contributed by atoms with Gasteiger partial charge in [-0.05, 0) is 0 Å². The third-order valence-electron chi connectivity index (χ3n) is 15.4. The molecular weight excluding hydrogens is 256 g/mol. The second kappa shape index (κ2) is 0.509. The van der Waals surface area contributed by atoms with E-state index >= 15 is 0 Å². The van der Waals surface area contributed by atoms with E-state index in [9.17, 15) is 4.79 Å². The molecule has 0 radical (unpaired) electrons. The number of fused-ring (bicyclic) bond motifs is 10. The van der Waals surface area contributed by atoms with Gasteiger partial charge in [0, 0.05) is 0 Å². The first kappa shape index (κ1) is 6.43. The van der Waals surface area contributed by atoms with Crippen LogP contribution in [0, 0.1) is 0 Å². The van der Waals surface area contributed by atoms with E-state index in [1.54, 1.807) is 0 Å². The summed E-state index contributed by atoms with van der Waals surface area (Å²) < 4.78 is 6.05. The summed E-state index contributed by atoms with van der Waals surface area (Å²) in [6.07, 6.45) is 0.999. The first-order valence-electron chi connectivity index (χ1n) is 7.41. The van der Waals surface area contributed by atoms with Gasteiger partial charge in [-0.2, -0.15) is 0 Å². The molecule has 10 aliphatic rings. The summed E-state index contributed by atoms with van der Waals surface area (Å²) in [4.78, 5) is 23.6. The van der Waals surface area contributed by atoms with Gasteiger partial charge in [0.2, 0.25) is 0 Å². The SMILES string of the molecule is CCCOC(=O)[C]12[CH]3[CH]4[CH]5[CH]1[Fe]45321678[CH]2[CH]1[CH]6[CH]7[CH]28. The Labute approximate surface area is 89.7 Å². The van der Waals surface area contributed by atoms with E-state index in [0.717, 1.165) is 16.1 Å². The predicted octanol–water partition coefficient (Wildman–Crippen LogP) is 3.70. The van der Waals surface area contributed by atoms with Crippen molar-refractivity contribution in [1.29, 1.82) is 0 Å². The van der Waals surface area contributed by atoms with Crippen LogP contribution < -0.4 is 0 Å². The fourth-order valence-corrected chi connectivity index (χ4v) is 90.6. The Bertz CT molecular complexity index is 895. The molecule has 3 heteroatoms. The maximum absolute atomic E-state index is 12.8. The van der Waals surface area contributed by atoms with Gasteiger partial charge in [0.25, 0.3) is 0 Å². The molecule has 0 aromatic heterocycles. The minimum atomic E-state index is -3.15. The Morgan fingerprint density at radius 2 is 1.59 bits per heavy atom.